The Balaban J connectivity index is 1.78. The molecule has 0 saturated carbocycles. The second-order valence-corrected chi connectivity index (χ2v) is 6.92. The van der Waals surface area contributed by atoms with Crippen LogP contribution in [0.5, 0.6) is 0 Å². The summed E-state index contributed by atoms with van der Waals surface area (Å²) in [4.78, 5) is 14.1. The van der Waals surface area contributed by atoms with E-state index in [2.05, 4.69) is 0 Å². The highest BCUT2D eigenvalue weighted by Crippen LogP contribution is 2.40. The standard InChI is InChI=1S/C18H15F4NOS/c19-15-6-4-12(5-7-15)10-16(24)23-8-9-25-17(23)13-2-1-3-14(11-13)18(20,21)22/h1-7,11,17H,8-10H2. The number of carbonyl (C=O) groups is 1. The van der Waals surface area contributed by atoms with Gasteiger partial charge in [-0.15, -0.1) is 11.8 Å². The molecule has 0 radical (unpaired) electrons. The van der Waals surface area contributed by atoms with Crippen LogP contribution in [0.25, 0.3) is 0 Å². The van der Waals surface area contributed by atoms with E-state index in [-0.39, 0.29) is 18.1 Å². The van der Waals surface area contributed by atoms with Gasteiger partial charge in [0.05, 0.1) is 12.0 Å². The number of rotatable bonds is 3. The second-order valence-electron chi connectivity index (χ2n) is 5.74. The molecule has 1 aliphatic rings. The molecule has 1 fully saturated rings. The lowest BCUT2D eigenvalue weighted by Crippen LogP contribution is -2.31. The lowest BCUT2D eigenvalue weighted by Gasteiger charge is -2.25. The van der Waals surface area contributed by atoms with E-state index in [1.807, 2.05) is 0 Å². The molecule has 2 aromatic carbocycles. The number of amides is 1. The van der Waals surface area contributed by atoms with Crippen molar-refractivity contribution in [1.82, 2.24) is 4.90 Å². The molecule has 1 unspecified atom stereocenters. The van der Waals surface area contributed by atoms with E-state index in [1.54, 1.807) is 11.0 Å². The van der Waals surface area contributed by atoms with Crippen LogP contribution >= 0.6 is 11.8 Å². The minimum Gasteiger partial charge on any atom is -0.325 e. The van der Waals surface area contributed by atoms with Gasteiger partial charge in [0.25, 0.3) is 0 Å². The van der Waals surface area contributed by atoms with Gasteiger partial charge in [-0.3, -0.25) is 4.79 Å². The van der Waals surface area contributed by atoms with Crippen molar-refractivity contribution in [2.45, 2.75) is 18.0 Å². The Kier molecular flexibility index (Phi) is 5.03. The SMILES string of the molecule is O=C(Cc1ccc(F)cc1)N1CCSC1c1cccc(C(F)(F)F)c1. The van der Waals surface area contributed by atoms with Gasteiger partial charge >= 0.3 is 6.18 Å². The van der Waals surface area contributed by atoms with Crippen molar-refractivity contribution >= 4 is 17.7 Å². The van der Waals surface area contributed by atoms with Gasteiger partial charge in [0.2, 0.25) is 5.91 Å². The monoisotopic (exact) mass is 369 g/mol. The summed E-state index contributed by atoms with van der Waals surface area (Å²) in [7, 11) is 0. The van der Waals surface area contributed by atoms with Gasteiger partial charge in [-0.1, -0.05) is 24.3 Å². The molecule has 2 aromatic rings. The summed E-state index contributed by atoms with van der Waals surface area (Å²) in [5.74, 6) is 0.101. The van der Waals surface area contributed by atoms with E-state index in [4.69, 9.17) is 0 Å². The topological polar surface area (TPSA) is 20.3 Å². The van der Waals surface area contributed by atoms with E-state index in [0.29, 0.717) is 23.4 Å². The van der Waals surface area contributed by atoms with Crippen LogP contribution in [-0.2, 0) is 17.4 Å². The zero-order valence-corrected chi connectivity index (χ0v) is 13.9. The van der Waals surface area contributed by atoms with E-state index in [9.17, 15) is 22.4 Å². The molecule has 132 valence electrons. The minimum absolute atomic E-state index is 0.0936. The number of halogens is 4. The maximum Gasteiger partial charge on any atom is 0.416 e. The van der Waals surface area contributed by atoms with Crippen molar-refractivity contribution in [3.63, 3.8) is 0 Å². The Labute approximate surface area is 146 Å². The Morgan fingerprint density at radius 3 is 2.56 bits per heavy atom. The van der Waals surface area contributed by atoms with Crippen molar-refractivity contribution in [1.29, 1.82) is 0 Å². The number of nitrogens with zero attached hydrogens (tertiary/aromatic N) is 1. The van der Waals surface area contributed by atoms with Crippen LogP contribution in [-0.4, -0.2) is 23.1 Å². The molecule has 0 N–H and O–H groups in total. The van der Waals surface area contributed by atoms with Crippen LogP contribution < -0.4 is 0 Å². The quantitative estimate of drug-likeness (QED) is 0.734. The molecular formula is C18H15F4NOS. The zero-order valence-electron chi connectivity index (χ0n) is 13.1. The first kappa shape index (κ1) is 17.8. The van der Waals surface area contributed by atoms with Gasteiger partial charge in [-0.2, -0.15) is 13.2 Å². The summed E-state index contributed by atoms with van der Waals surface area (Å²) >= 11 is 1.44. The number of benzene rings is 2. The summed E-state index contributed by atoms with van der Waals surface area (Å²) in [6.07, 6.45) is -4.32. The van der Waals surface area contributed by atoms with Gasteiger partial charge in [0.1, 0.15) is 11.2 Å². The predicted octanol–water partition coefficient (Wildman–Crippen LogP) is 4.66. The summed E-state index contributed by atoms with van der Waals surface area (Å²) in [6.45, 7) is 0.478. The van der Waals surface area contributed by atoms with E-state index >= 15 is 0 Å². The predicted molar refractivity (Wildman–Crippen MR) is 88.5 cm³/mol. The molecule has 1 heterocycles. The number of carbonyl (C=O) groups excluding carboxylic acids is 1. The molecule has 1 saturated heterocycles. The highest BCUT2D eigenvalue weighted by atomic mass is 32.2. The van der Waals surface area contributed by atoms with Gasteiger partial charge in [0.15, 0.2) is 0 Å². The molecular weight excluding hydrogens is 354 g/mol. The average molecular weight is 369 g/mol. The maximum atomic E-state index is 13.0. The fourth-order valence-electron chi connectivity index (χ4n) is 2.75. The van der Waals surface area contributed by atoms with E-state index in [0.717, 1.165) is 12.1 Å². The smallest absolute Gasteiger partial charge is 0.325 e. The van der Waals surface area contributed by atoms with Crippen LogP contribution in [0.3, 0.4) is 0 Å². The third-order valence-electron chi connectivity index (χ3n) is 3.98. The molecule has 3 rings (SSSR count). The van der Waals surface area contributed by atoms with Crippen LogP contribution in [0.15, 0.2) is 48.5 Å². The third-order valence-corrected chi connectivity index (χ3v) is 5.24. The Bertz CT molecular complexity index is 760. The lowest BCUT2D eigenvalue weighted by molar-refractivity contribution is -0.137. The molecule has 25 heavy (non-hydrogen) atoms. The molecule has 0 bridgehead atoms. The van der Waals surface area contributed by atoms with E-state index < -0.39 is 17.1 Å². The van der Waals surface area contributed by atoms with Crippen molar-refractivity contribution in [3.05, 3.63) is 71.0 Å². The number of thioether (sulfide) groups is 1. The summed E-state index contributed by atoms with van der Waals surface area (Å²) in [5.41, 5.74) is 0.416. The van der Waals surface area contributed by atoms with Crippen molar-refractivity contribution in [2.75, 3.05) is 12.3 Å². The van der Waals surface area contributed by atoms with Crippen molar-refractivity contribution < 1.29 is 22.4 Å². The molecule has 1 atom stereocenters. The van der Waals surface area contributed by atoms with E-state index in [1.165, 1.54) is 42.1 Å². The third kappa shape index (κ3) is 4.15. The first-order chi connectivity index (χ1) is 11.8. The average Bonchev–Trinajstić information content (AvgIpc) is 3.06. The molecule has 2 nitrogen and oxygen atoms in total. The van der Waals surface area contributed by atoms with Gasteiger partial charge in [-0.25, -0.2) is 4.39 Å². The number of alkyl halides is 3. The first-order valence-corrected chi connectivity index (χ1v) is 8.72. The normalized spacial score (nSPS) is 17.8. The second kappa shape index (κ2) is 7.07. The summed E-state index contributed by atoms with van der Waals surface area (Å²) in [5, 5.41) is -0.435. The highest BCUT2D eigenvalue weighted by Gasteiger charge is 2.34. The molecule has 0 spiro atoms. The summed E-state index contributed by atoms with van der Waals surface area (Å²) in [6, 6.07) is 10.7. The number of hydrogen-bond donors (Lipinski definition) is 0. The van der Waals surface area contributed by atoms with Gasteiger partial charge in [-0.05, 0) is 35.4 Å². The largest absolute Gasteiger partial charge is 0.416 e. The Hall–Kier alpha value is -2.02. The van der Waals surface area contributed by atoms with Crippen LogP contribution in [0.1, 0.15) is 22.1 Å². The fourth-order valence-corrected chi connectivity index (χ4v) is 4.02. The Morgan fingerprint density at radius 1 is 1.16 bits per heavy atom. The molecule has 7 heteroatoms. The lowest BCUT2D eigenvalue weighted by atomic mass is 10.1. The van der Waals surface area contributed by atoms with Gasteiger partial charge < -0.3 is 4.90 Å². The zero-order chi connectivity index (χ0) is 18.0. The maximum absolute atomic E-state index is 13.0. The minimum atomic E-state index is -4.41. The van der Waals surface area contributed by atoms with Crippen LogP contribution in [0.2, 0.25) is 0 Å². The molecule has 1 aliphatic heterocycles. The van der Waals surface area contributed by atoms with Crippen LogP contribution in [0, 0.1) is 5.82 Å². The van der Waals surface area contributed by atoms with Gasteiger partial charge in [0, 0.05) is 12.3 Å². The van der Waals surface area contributed by atoms with Crippen molar-refractivity contribution in [3.8, 4) is 0 Å². The fraction of sp³-hybridized carbons (Fsp3) is 0.278. The molecule has 1 amide bonds. The Morgan fingerprint density at radius 2 is 1.88 bits per heavy atom. The number of hydrogen-bond acceptors (Lipinski definition) is 2. The summed E-state index contributed by atoms with van der Waals surface area (Å²) < 4.78 is 51.7. The van der Waals surface area contributed by atoms with Crippen molar-refractivity contribution in [2.24, 2.45) is 0 Å². The highest BCUT2D eigenvalue weighted by molar-refractivity contribution is 7.99. The van der Waals surface area contributed by atoms with Crippen LogP contribution in [0.4, 0.5) is 17.6 Å². The first-order valence-electron chi connectivity index (χ1n) is 7.67. The molecule has 0 aromatic heterocycles. The molecule has 0 aliphatic carbocycles.